The minimum Gasteiger partial charge on any atom is -0.591 e. The van der Waals surface area contributed by atoms with Crippen LogP contribution in [0.25, 0.3) is 0 Å². The second-order valence-electron chi connectivity index (χ2n) is 2.95. The molecule has 0 aliphatic heterocycles. The zero-order valence-corrected chi connectivity index (χ0v) is 8.61. The van der Waals surface area contributed by atoms with Gasteiger partial charge in [0.2, 0.25) is 0 Å². The van der Waals surface area contributed by atoms with E-state index in [-0.39, 0.29) is 11.4 Å². The molecule has 1 unspecified atom stereocenters. The Balaban J connectivity index is 3.77. The second-order valence-corrected chi connectivity index (χ2v) is 5.14. The zero-order valence-electron chi connectivity index (χ0n) is 6.90. The van der Waals surface area contributed by atoms with E-state index >= 15 is 0 Å². The first kappa shape index (κ1) is 11.3. The molecule has 0 fully saturated rings. The molecule has 1 atom stereocenters. The van der Waals surface area contributed by atoms with Gasteiger partial charge in [0.05, 0.1) is 6.21 Å². The number of thiol groups is 1. The van der Waals surface area contributed by atoms with Crippen LogP contribution < -0.4 is 0 Å². The SMILES string of the molecule is CC(C)(C)[S+]([O-])N=CCOS. The highest BCUT2D eigenvalue weighted by molar-refractivity contribution is 7.91. The third-order valence-corrected chi connectivity index (χ3v) is 2.38. The molecule has 0 N–H and O–H groups in total. The Labute approximate surface area is 76.2 Å². The predicted molar refractivity (Wildman–Crippen MR) is 51.3 cm³/mol. The van der Waals surface area contributed by atoms with Crippen LogP contribution in [0.5, 0.6) is 0 Å². The van der Waals surface area contributed by atoms with Crippen molar-refractivity contribution < 1.29 is 8.74 Å². The van der Waals surface area contributed by atoms with E-state index in [0.717, 1.165) is 0 Å². The molecule has 66 valence electrons. The van der Waals surface area contributed by atoms with Gasteiger partial charge < -0.3 is 8.74 Å². The molecule has 0 spiro atoms. The van der Waals surface area contributed by atoms with Gasteiger partial charge in [-0.3, -0.25) is 0 Å². The molecule has 3 nitrogen and oxygen atoms in total. The molecule has 0 aliphatic rings. The second kappa shape index (κ2) is 5.03. The van der Waals surface area contributed by atoms with E-state index in [4.69, 9.17) is 0 Å². The highest BCUT2D eigenvalue weighted by Crippen LogP contribution is 2.16. The molecule has 0 saturated heterocycles. The maximum absolute atomic E-state index is 11.2. The Bertz CT molecular complexity index is 133. The summed E-state index contributed by atoms with van der Waals surface area (Å²) in [7, 11) is 0. The van der Waals surface area contributed by atoms with Gasteiger partial charge in [-0.15, -0.1) is 0 Å². The lowest BCUT2D eigenvalue weighted by molar-refractivity contribution is 0.459. The van der Waals surface area contributed by atoms with Gasteiger partial charge >= 0.3 is 0 Å². The van der Waals surface area contributed by atoms with Crippen molar-refractivity contribution in [3.63, 3.8) is 0 Å². The maximum atomic E-state index is 11.2. The van der Waals surface area contributed by atoms with Crippen LogP contribution in [0.1, 0.15) is 20.8 Å². The Morgan fingerprint density at radius 1 is 1.64 bits per heavy atom. The van der Waals surface area contributed by atoms with Crippen LogP contribution in [0, 0.1) is 0 Å². The van der Waals surface area contributed by atoms with Crippen LogP contribution in [0.3, 0.4) is 0 Å². The van der Waals surface area contributed by atoms with Crippen LogP contribution in [0.15, 0.2) is 4.40 Å². The molecule has 0 aromatic heterocycles. The lowest BCUT2D eigenvalue weighted by atomic mass is 10.3. The highest BCUT2D eigenvalue weighted by atomic mass is 32.2. The van der Waals surface area contributed by atoms with Crippen LogP contribution in [-0.2, 0) is 15.5 Å². The lowest BCUT2D eigenvalue weighted by Gasteiger charge is -2.17. The average Bonchev–Trinajstić information content (AvgIpc) is 1.86. The molecule has 11 heavy (non-hydrogen) atoms. The first-order chi connectivity index (χ1) is 4.98. The summed E-state index contributed by atoms with van der Waals surface area (Å²) in [6, 6.07) is 0. The van der Waals surface area contributed by atoms with Crippen LogP contribution in [-0.4, -0.2) is 22.1 Å². The van der Waals surface area contributed by atoms with Crippen LogP contribution >= 0.6 is 12.9 Å². The Morgan fingerprint density at radius 2 is 2.18 bits per heavy atom. The van der Waals surface area contributed by atoms with Gasteiger partial charge in [-0.2, -0.15) is 0 Å². The summed E-state index contributed by atoms with van der Waals surface area (Å²) in [5.41, 5.74) is 0. The Kier molecular flexibility index (Phi) is 5.16. The van der Waals surface area contributed by atoms with Crippen LogP contribution in [0.4, 0.5) is 0 Å². The summed E-state index contributed by atoms with van der Waals surface area (Å²) < 4.78 is 19.0. The quantitative estimate of drug-likeness (QED) is 0.320. The van der Waals surface area contributed by atoms with Gasteiger partial charge in [0.25, 0.3) is 0 Å². The van der Waals surface area contributed by atoms with E-state index < -0.39 is 11.4 Å². The molecule has 0 aromatic carbocycles. The minimum absolute atomic E-state index is 0.283. The Hall–Kier alpha value is 0.290. The lowest BCUT2D eigenvalue weighted by Crippen LogP contribution is -2.25. The molecule has 5 heteroatoms. The van der Waals surface area contributed by atoms with E-state index in [0.29, 0.717) is 0 Å². The molecular weight excluding hydrogens is 182 g/mol. The van der Waals surface area contributed by atoms with E-state index in [2.05, 4.69) is 21.5 Å². The average molecular weight is 195 g/mol. The summed E-state index contributed by atoms with van der Waals surface area (Å²) in [6.07, 6.45) is 1.45. The van der Waals surface area contributed by atoms with Crippen molar-refractivity contribution >= 4 is 30.5 Å². The summed E-state index contributed by atoms with van der Waals surface area (Å²) >= 11 is 2.32. The van der Waals surface area contributed by atoms with E-state index in [1.807, 2.05) is 20.8 Å². The fourth-order valence-corrected chi connectivity index (χ4v) is 0.869. The molecule has 0 aromatic rings. The fourth-order valence-electron chi connectivity index (χ4n) is 0.290. The van der Waals surface area contributed by atoms with Gasteiger partial charge in [0.1, 0.15) is 22.7 Å². The molecule has 0 saturated carbocycles. The van der Waals surface area contributed by atoms with E-state index in [9.17, 15) is 4.55 Å². The molecule has 0 rings (SSSR count). The third-order valence-electron chi connectivity index (χ3n) is 0.843. The molecule has 0 bridgehead atoms. The molecule has 0 radical (unpaired) electrons. The molecule has 0 aliphatic carbocycles. The molecular formula is C6H13NO2S2. The highest BCUT2D eigenvalue weighted by Gasteiger charge is 2.25. The van der Waals surface area contributed by atoms with Crippen molar-refractivity contribution in [1.82, 2.24) is 0 Å². The monoisotopic (exact) mass is 195 g/mol. The largest absolute Gasteiger partial charge is 0.591 e. The van der Waals surface area contributed by atoms with Crippen molar-refractivity contribution in [1.29, 1.82) is 0 Å². The van der Waals surface area contributed by atoms with Crippen molar-refractivity contribution in [2.24, 2.45) is 4.40 Å². The molecule has 0 heterocycles. The maximum Gasteiger partial charge on any atom is 0.144 e. The van der Waals surface area contributed by atoms with Crippen molar-refractivity contribution in [2.45, 2.75) is 25.5 Å². The number of hydrogen-bond acceptors (Lipinski definition) is 4. The first-order valence-electron chi connectivity index (χ1n) is 3.19. The van der Waals surface area contributed by atoms with Crippen LogP contribution in [0.2, 0.25) is 0 Å². The predicted octanol–water partition coefficient (Wildman–Crippen LogP) is 1.38. The normalized spacial score (nSPS) is 15.7. The standard InChI is InChI=1S/C6H13NO2S2/c1-6(2,3)11(8)7-4-5-9-10/h4,10H,5H2,1-3H3. The smallest absolute Gasteiger partial charge is 0.144 e. The first-order valence-corrected chi connectivity index (χ1v) is 4.66. The summed E-state index contributed by atoms with van der Waals surface area (Å²) in [5, 5.41) is 0. The van der Waals surface area contributed by atoms with E-state index in [1.165, 1.54) is 6.21 Å². The van der Waals surface area contributed by atoms with Gasteiger partial charge in [-0.1, -0.05) is 4.40 Å². The summed E-state index contributed by atoms with van der Waals surface area (Å²) in [6.45, 7) is 5.87. The van der Waals surface area contributed by atoms with Crippen molar-refractivity contribution in [3.05, 3.63) is 0 Å². The van der Waals surface area contributed by atoms with Crippen molar-refractivity contribution in [2.75, 3.05) is 6.61 Å². The van der Waals surface area contributed by atoms with Gasteiger partial charge in [-0.25, -0.2) is 0 Å². The third kappa shape index (κ3) is 5.55. The van der Waals surface area contributed by atoms with Gasteiger partial charge in [0.15, 0.2) is 0 Å². The van der Waals surface area contributed by atoms with E-state index in [1.54, 1.807) is 0 Å². The number of hydrogen-bond donors (Lipinski definition) is 1. The minimum atomic E-state index is -1.18. The van der Waals surface area contributed by atoms with Gasteiger partial charge in [0, 0.05) is 0 Å². The zero-order chi connectivity index (χ0) is 8.91. The topological polar surface area (TPSA) is 44.7 Å². The fraction of sp³-hybridized carbons (Fsp3) is 0.833. The number of nitrogens with zero attached hydrogens (tertiary/aromatic N) is 1. The Morgan fingerprint density at radius 3 is 2.55 bits per heavy atom. The summed E-state index contributed by atoms with van der Waals surface area (Å²) in [4.78, 5) is 0. The number of rotatable bonds is 3. The summed E-state index contributed by atoms with van der Waals surface area (Å²) in [5.74, 6) is 0. The van der Waals surface area contributed by atoms with Gasteiger partial charge in [-0.05, 0) is 33.7 Å². The van der Waals surface area contributed by atoms with Crippen molar-refractivity contribution in [3.8, 4) is 0 Å². The molecule has 0 amide bonds.